The highest BCUT2D eigenvalue weighted by atomic mass is 16.7. The van der Waals surface area contributed by atoms with Crippen LogP contribution in [0.25, 0.3) is 0 Å². The number of fused-ring (bicyclic) bond motifs is 1. The van der Waals surface area contributed by atoms with Gasteiger partial charge in [0.1, 0.15) is 0 Å². The molecule has 2 N–H and O–H groups in total. The van der Waals surface area contributed by atoms with Gasteiger partial charge in [-0.05, 0) is 12.1 Å². The molecule has 1 heterocycles. The first-order valence-electron chi connectivity index (χ1n) is 6.08. The maximum atomic E-state index is 11.7. The summed E-state index contributed by atoms with van der Waals surface area (Å²) in [5.74, 6) is 1.38. The van der Waals surface area contributed by atoms with Gasteiger partial charge in [-0.25, -0.2) is 0 Å². The highest BCUT2D eigenvalue weighted by Gasteiger charge is 2.13. The number of amides is 1. The molecule has 0 spiro atoms. The Morgan fingerprint density at radius 3 is 2.89 bits per heavy atom. The lowest BCUT2D eigenvalue weighted by Crippen LogP contribution is -2.27. The van der Waals surface area contributed by atoms with Gasteiger partial charge in [0.15, 0.2) is 11.5 Å². The molecule has 0 bridgehead atoms. The summed E-state index contributed by atoms with van der Waals surface area (Å²) >= 11 is 0. The second-order valence-electron chi connectivity index (χ2n) is 4.48. The second-order valence-corrected chi connectivity index (χ2v) is 4.48. The van der Waals surface area contributed by atoms with Crippen molar-refractivity contribution in [3.8, 4) is 11.5 Å². The van der Waals surface area contributed by atoms with Gasteiger partial charge < -0.3 is 20.1 Å². The van der Waals surface area contributed by atoms with Gasteiger partial charge in [-0.2, -0.15) is 0 Å². The molecule has 18 heavy (non-hydrogen) atoms. The lowest BCUT2D eigenvalue weighted by molar-refractivity contribution is -0.116. The predicted octanol–water partition coefficient (Wildman–Crippen LogP) is 1.74. The Morgan fingerprint density at radius 1 is 1.33 bits per heavy atom. The Kier molecular flexibility index (Phi) is 4.04. The van der Waals surface area contributed by atoms with Crippen LogP contribution in [-0.4, -0.2) is 25.3 Å². The van der Waals surface area contributed by atoms with Gasteiger partial charge in [-0.15, -0.1) is 0 Å². The van der Waals surface area contributed by atoms with E-state index in [4.69, 9.17) is 9.47 Å². The maximum absolute atomic E-state index is 11.7. The van der Waals surface area contributed by atoms with E-state index in [2.05, 4.69) is 24.5 Å². The highest BCUT2D eigenvalue weighted by Crippen LogP contribution is 2.34. The Balaban J connectivity index is 1.84. The number of nitrogens with one attached hydrogen (secondary N) is 2. The molecular weight excluding hydrogens is 232 g/mol. The third kappa shape index (κ3) is 3.37. The number of hydrogen-bond donors (Lipinski definition) is 2. The zero-order valence-electron chi connectivity index (χ0n) is 10.7. The molecule has 0 fully saturated rings. The number of benzene rings is 1. The van der Waals surface area contributed by atoms with Gasteiger partial charge in [0.2, 0.25) is 12.7 Å². The van der Waals surface area contributed by atoms with E-state index >= 15 is 0 Å². The van der Waals surface area contributed by atoms with Gasteiger partial charge >= 0.3 is 0 Å². The van der Waals surface area contributed by atoms with Crippen molar-refractivity contribution in [2.45, 2.75) is 26.3 Å². The Morgan fingerprint density at radius 2 is 2.11 bits per heavy atom. The van der Waals surface area contributed by atoms with Crippen molar-refractivity contribution >= 4 is 11.6 Å². The van der Waals surface area contributed by atoms with Crippen LogP contribution in [0.1, 0.15) is 20.3 Å². The van der Waals surface area contributed by atoms with E-state index in [1.807, 2.05) is 0 Å². The van der Waals surface area contributed by atoms with Gasteiger partial charge in [0, 0.05) is 30.8 Å². The summed E-state index contributed by atoms with van der Waals surface area (Å²) in [6, 6.07) is 5.77. The molecule has 1 aliphatic heterocycles. The van der Waals surface area contributed by atoms with Crippen molar-refractivity contribution in [2.75, 3.05) is 18.7 Å². The molecule has 0 unspecified atom stereocenters. The quantitative estimate of drug-likeness (QED) is 0.835. The van der Waals surface area contributed by atoms with Crippen LogP contribution in [0.2, 0.25) is 0 Å². The van der Waals surface area contributed by atoms with Gasteiger partial charge in [0.05, 0.1) is 0 Å². The van der Waals surface area contributed by atoms with Crippen LogP contribution in [0.5, 0.6) is 11.5 Å². The van der Waals surface area contributed by atoms with E-state index in [1.165, 1.54) is 0 Å². The average Bonchev–Trinajstić information content (AvgIpc) is 2.75. The van der Waals surface area contributed by atoms with Crippen LogP contribution < -0.4 is 20.1 Å². The molecule has 0 saturated heterocycles. The van der Waals surface area contributed by atoms with E-state index in [-0.39, 0.29) is 12.7 Å². The summed E-state index contributed by atoms with van der Waals surface area (Å²) in [6.45, 7) is 5.02. The number of ether oxygens (including phenoxy) is 2. The lowest BCUT2D eigenvalue weighted by atomic mass is 10.2. The molecule has 0 aromatic heterocycles. The molecule has 1 aromatic rings. The van der Waals surface area contributed by atoms with Crippen LogP contribution >= 0.6 is 0 Å². The largest absolute Gasteiger partial charge is 0.454 e. The first-order chi connectivity index (χ1) is 8.65. The molecule has 0 saturated carbocycles. The normalized spacial score (nSPS) is 12.8. The highest BCUT2D eigenvalue weighted by molar-refractivity contribution is 5.91. The number of carbonyl (C=O) groups excluding carboxylic acids is 1. The topological polar surface area (TPSA) is 59.6 Å². The standard InChI is InChI=1S/C13H18N2O3/c1-9(2)14-6-5-13(16)15-10-3-4-11-12(7-10)18-8-17-11/h3-4,7,9,14H,5-6,8H2,1-2H3,(H,15,16). The zero-order chi connectivity index (χ0) is 13.0. The van der Waals surface area contributed by atoms with Crippen LogP contribution in [0.3, 0.4) is 0 Å². The van der Waals surface area contributed by atoms with Gasteiger partial charge in [-0.3, -0.25) is 4.79 Å². The van der Waals surface area contributed by atoms with E-state index < -0.39 is 0 Å². The Hall–Kier alpha value is -1.75. The fourth-order valence-corrected chi connectivity index (χ4v) is 1.67. The third-order valence-corrected chi connectivity index (χ3v) is 2.56. The van der Waals surface area contributed by atoms with Crippen molar-refractivity contribution in [1.29, 1.82) is 0 Å². The molecule has 5 heteroatoms. The minimum Gasteiger partial charge on any atom is -0.454 e. The summed E-state index contributed by atoms with van der Waals surface area (Å²) in [4.78, 5) is 11.7. The molecule has 2 rings (SSSR count). The fraction of sp³-hybridized carbons (Fsp3) is 0.462. The number of hydrogen-bond acceptors (Lipinski definition) is 4. The summed E-state index contributed by atoms with van der Waals surface area (Å²) in [7, 11) is 0. The molecular formula is C13H18N2O3. The Labute approximate surface area is 106 Å². The van der Waals surface area contributed by atoms with E-state index in [0.717, 1.165) is 11.4 Å². The van der Waals surface area contributed by atoms with Crippen molar-refractivity contribution in [3.05, 3.63) is 18.2 Å². The average molecular weight is 250 g/mol. The number of carbonyl (C=O) groups is 1. The van der Waals surface area contributed by atoms with Crippen molar-refractivity contribution < 1.29 is 14.3 Å². The monoisotopic (exact) mass is 250 g/mol. The van der Waals surface area contributed by atoms with Gasteiger partial charge in [-0.1, -0.05) is 13.8 Å². The van der Waals surface area contributed by atoms with Crippen molar-refractivity contribution in [3.63, 3.8) is 0 Å². The van der Waals surface area contributed by atoms with E-state index in [0.29, 0.717) is 24.8 Å². The predicted molar refractivity (Wildman–Crippen MR) is 69.0 cm³/mol. The fourth-order valence-electron chi connectivity index (χ4n) is 1.67. The molecule has 1 aromatic carbocycles. The SMILES string of the molecule is CC(C)NCCC(=O)Nc1ccc2c(c1)OCO2. The van der Waals surface area contributed by atoms with Gasteiger partial charge in [0.25, 0.3) is 0 Å². The van der Waals surface area contributed by atoms with Crippen LogP contribution in [-0.2, 0) is 4.79 Å². The first kappa shape index (κ1) is 12.7. The van der Waals surface area contributed by atoms with E-state index in [9.17, 15) is 4.79 Å². The van der Waals surface area contributed by atoms with E-state index in [1.54, 1.807) is 18.2 Å². The Bertz CT molecular complexity index is 432. The van der Waals surface area contributed by atoms with Crippen molar-refractivity contribution in [2.24, 2.45) is 0 Å². The molecule has 98 valence electrons. The number of rotatable bonds is 5. The summed E-state index contributed by atoms with van der Waals surface area (Å²) in [6.07, 6.45) is 0.451. The number of anilines is 1. The molecule has 1 amide bonds. The summed E-state index contributed by atoms with van der Waals surface area (Å²) in [5, 5.41) is 6.03. The lowest BCUT2D eigenvalue weighted by Gasteiger charge is -2.08. The molecule has 5 nitrogen and oxygen atoms in total. The molecule has 0 atom stereocenters. The van der Waals surface area contributed by atoms with Crippen molar-refractivity contribution in [1.82, 2.24) is 5.32 Å². The smallest absolute Gasteiger partial charge is 0.231 e. The zero-order valence-corrected chi connectivity index (χ0v) is 10.7. The molecule has 0 aliphatic carbocycles. The summed E-state index contributed by atoms with van der Waals surface area (Å²) in [5.41, 5.74) is 0.730. The maximum Gasteiger partial charge on any atom is 0.231 e. The van der Waals surface area contributed by atoms with Crippen LogP contribution in [0, 0.1) is 0 Å². The van der Waals surface area contributed by atoms with Crippen LogP contribution in [0.4, 0.5) is 5.69 Å². The first-order valence-corrected chi connectivity index (χ1v) is 6.08. The molecule has 1 aliphatic rings. The third-order valence-electron chi connectivity index (χ3n) is 2.56. The summed E-state index contributed by atoms with van der Waals surface area (Å²) < 4.78 is 10.5. The minimum absolute atomic E-state index is 0.0120. The second kappa shape index (κ2) is 5.73. The minimum atomic E-state index is -0.0120. The van der Waals surface area contributed by atoms with Crippen LogP contribution in [0.15, 0.2) is 18.2 Å². The molecule has 0 radical (unpaired) electrons.